The van der Waals surface area contributed by atoms with E-state index in [1.807, 2.05) is 6.07 Å². The van der Waals surface area contributed by atoms with Gasteiger partial charge in [-0.05, 0) is 38.4 Å². The van der Waals surface area contributed by atoms with Gasteiger partial charge in [0.05, 0.1) is 0 Å². The van der Waals surface area contributed by atoms with Crippen LogP contribution >= 0.6 is 12.4 Å². The van der Waals surface area contributed by atoms with Crippen LogP contribution < -0.4 is 15.4 Å². The zero-order valence-electron chi connectivity index (χ0n) is 15.0. The maximum atomic E-state index is 13.5. The normalized spacial score (nSPS) is 20.3. The maximum Gasteiger partial charge on any atom is 0.266 e. The number of ether oxygens (including phenoxy) is 1. The lowest BCUT2D eigenvalue weighted by atomic mass is 10.00. The van der Waals surface area contributed by atoms with Gasteiger partial charge in [0.25, 0.3) is 5.91 Å². The minimum Gasteiger partial charge on any atom is -0.476 e. The Bertz CT molecular complexity index is 761. The number of carbonyl (C=O) groups is 1. The fourth-order valence-electron chi connectivity index (χ4n) is 3.13. The number of carbonyl (C=O) groups excluding carboxylic acids is 1. The summed E-state index contributed by atoms with van der Waals surface area (Å²) in [4.78, 5) is 12.9. The van der Waals surface area contributed by atoms with E-state index in [0.29, 0.717) is 11.6 Å². The van der Waals surface area contributed by atoms with Crippen LogP contribution in [0.25, 0.3) is 0 Å². The van der Waals surface area contributed by atoms with Crippen LogP contribution in [0.3, 0.4) is 0 Å². The van der Waals surface area contributed by atoms with Crippen LogP contribution in [-0.2, 0) is 4.79 Å². The SMILES string of the molecule is CC1CC(NC(=O)C(Oc2ccc(F)c(F)c2)c2ccccc2)CCN1.Cl. The molecule has 3 rings (SSSR count). The molecule has 3 atom stereocenters. The molecule has 0 saturated carbocycles. The average molecular weight is 397 g/mol. The van der Waals surface area contributed by atoms with Crippen molar-refractivity contribution in [2.24, 2.45) is 0 Å². The van der Waals surface area contributed by atoms with Gasteiger partial charge in [-0.25, -0.2) is 8.78 Å². The number of benzene rings is 2. The minimum absolute atomic E-state index is 0. The maximum absolute atomic E-state index is 13.5. The second-order valence-corrected chi connectivity index (χ2v) is 6.57. The monoisotopic (exact) mass is 396 g/mol. The molecule has 0 bridgehead atoms. The molecule has 4 nitrogen and oxygen atoms in total. The van der Waals surface area contributed by atoms with Crippen molar-refractivity contribution in [3.8, 4) is 5.75 Å². The molecule has 1 fully saturated rings. The summed E-state index contributed by atoms with van der Waals surface area (Å²) in [7, 11) is 0. The van der Waals surface area contributed by atoms with Crippen LogP contribution in [0.5, 0.6) is 5.75 Å². The summed E-state index contributed by atoms with van der Waals surface area (Å²) >= 11 is 0. The molecule has 0 radical (unpaired) electrons. The van der Waals surface area contributed by atoms with E-state index in [1.54, 1.807) is 24.3 Å². The van der Waals surface area contributed by atoms with Gasteiger partial charge in [-0.2, -0.15) is 0 Å². The summed E-state index contributed by atoms with van der Waals surface area (Å²) in [6, 6.07) is 12.6. The van der Waals surface area contributed by atoms with Crippen LogP contribution in [-0.4, -0.2) is 24.5 Å². The van der Waals surface area contributed by atoms with E-state index in [4.69, 9.17) is 4.74 Å². The van der Waals surface area contributed by atoms with Crippen LogP contribution in [0.15, 0.2) is 48.5 Å². The van der Waals surface area contributed by atoms with Crippen LogP contribution in [0, 0.1) is 11.6 Å². The number of nitrogens with one attached hydrogen (secondary N) is 2. The van der Waals surface area contributed by atoms with Gasteiger partial charge in [0.1, 0.15) is 5.75 Å². The zero-order valence-corrected chi connectivity index (χ0v) is 15.8. The Labute approximate surface area is 163 Å². The highest BCUT2D eigenvalue weighted by molar-refractivity contribution is 5.85. The van der Waals surface area contributed by atoms with E-state index in [2.05, 4.69) is 17.6 Å². The van der Waals surface area contributed by atoms with E-state index in [-0.39, 0.29) is 30.1 Å². The van der Waals surface area contributed by atoms with Gasteiger partial charge in [-0.3, -0.25) is 4.79 Å². The molecule has 27 heavy (non-hydrogen) atoms. The number of halogens is 3. The van der Waals surface area contributed by atoms with Gasteiger partial charge >= 0.3 is 0 Å². The van der Waals surface area contributed by atoms with Gasteiger partial charge in [0.15, 0.2) is 11.6 Å². The summed E-state index contributed by atoms with van der Waals surface area (Å²) in [6.45, 7) is 2.91. The van der Waals surface area contributed by atoms with Gasteiger partial charge in [-0.1, -0.05) is 30.3 Å². The van der Waals surface area contributed by atoms with Crippen molar-refractivity contribution in [3.05, 3.63) is 65.7 Å². The first-order chi connectivity index (χ1) is 12.5. The predicted octanol–water partition coefficient (Wildman–Crippen LogP) is 3.76. The molecular formula is C20H23ClF2N2O2. The highest BCUT2D eigenvalue weighted by Gasteiger charge is 2.27. The molecular weight excluding hydrogens is 374 g/mol. The lowest BCUT2D eigenvalue weighted by Crippen LogP contribution is -2.48. The van der Waals surface area contributed by atoms with E-state index < -0.39 is 17.7 Å². The van der Waals surface area contributed by atoms with Gasteiger partial charge < -0.3 is 15.4 Å². The van der Waals surface area contributed by atoms with E-state index >= 15 is 0 Å². The van der Waals surface area contributed by atoms with Gasteiger partial charge in [0.2, 0.25) is 6.10 Å². The molecule has 1 aliphatic rings. The van der Waals surface area contributed by atoms with Crippen molar-refractivity contribution in [1.29, 1.82) is 0 Å². The Kier molecular flexibility index (Phi) is 7.56. The number of rotatable bonds is 5. The average Bonchev–Trinajstić information content (AvgIpc) is 2.63. The number of piperidine rings is 1. The number of amides is 1. The van der Waals surface area contributed by atoms with Crippen molar-refractivity contribution < 1.29 is 18.3 Å². The van der Waals surface area contributed by atoms with Crippen molar-refractivity contribution in [2.75, 3.05) is 6.54 Å². The molecule has 2 aromatic rings. The summed E-state index contributed by atoms with van der Waals surface area (Å²) in [5, 5.41) is 6.36. The molecule has 1 heterocycles. The highest BCUT2D eigenvalue weighted by Crippen LogP contribution is 2.24. The van der Waals surface area contributed by atoms with Crippen molar-refractivity contribution in [3.63, 3.8) is 0 Å². The molecule has 2 aromatic carbocycles. The second-order valence-electron chi connectivity index (χ2n) is 6.57. The van der Waals surface area contributed by atoms with Crippen molar-refractivity contribution in [2.45, 2.75) is 38.0 Å². The molecule has 3 unspecified atom stereocenters. The molecule has 2 N–H and O–H groups in total. The van der Waals surface area contributed by atoms with Crippen LogP contribution in [0.4, 0.5) is 8.78 Å². The smallest absolute Gasteiger partial charge is 0.266 e. The lowest BCUT2D eigenvalue weighted by Gasteiger charge is -2.30. The Balaban J connectivity index is 0.00000261. The molecule has 0 aliphatic carbocycles. The lowest BCUT2D eigenvalue weighted by molar-refractivity contribution is -0.129. The Morgan fingerprint density at radius 3 is 2.59 bits per heavy atom. The predicted molar refractivity (Wildman–Crippen MR) is 102 cm³/mol. The summed E-state index contributed by atoms with van der Waals surface area (Å²) in [6.07, 6.45) is 0.729. The zero-order chi connectivity index (χ0) is 18.5. The Morgan fingerprint density at radius 2 is 1.93 bits per heavy atom. The fourth-order valence-corrected chi connectivity index (χ4v) is 3.13. The first kappa shape index (κ1) is 21.1. The van der Waals surface area contributed by atoms with E-state index in [9.17, 15) is 13.6 Å². The topological polar surface area (TPSA) is 50.4 Å². The summed E-state index contributed by atoms with van der Waals surface area (Å²) in [5.41, 5.74) is 0.650. The Hall–Kier alpha value is -2.18. The summed E-state index contributed by atoms with van der Waals surface area (Å²) < 4.78 is 32.4. The highest BCUT2D eigenvalue weighted by atomic mass is 35.5. The largest absolute Gasteiger partial charge is 0.476 e. The second kappa shape index (κ2) is 9.67. The molecule has 0 spiro atoms. The standard InChI is InChI=1S/C20H22F2N2O2.ClH/c1-13-11-15(9-10-23-13)24-20(25)19(14-5-3-2-4-6-14)26-16-7-8-17(21)18(22)12-16;/h2-8,12-13,15,19,23H,9-11H2,1H3,(H,24,25);1H. The number of hydrogen-bond donors (Lipinski definition) is 2. The van der Waals surface area contributed by atoms with Crippen LogP contribution in [0.2, 0.25) is 0 Å². The Morgan fingerprint density at radius 1 is 1.19 bits per heavy atom. The minimum atomic E-state index is -1.01. The third-order valence-corrected chi connectivity index (χ3v) is 4.46. The van der Waals surface area contributed by atoms with E-state index in [1.165, 1.54) is 6.07 Å². The van der Waals surface area contributed by atoms with Gasteiger partial charge in [0, 0.05) is 23.7 Å². The quantitative estimate of drug-likeness (QED) is 0.809. The fraction of sp³-hybridized carbons (Fsp3) is 0.350. The van der Waals surface area contributed by atoms with E-state index in [0.717, 1.165) is 31.5 Å². The number of hydrogen-bond acceptors (Lipinski definition) is 3. The molecule has 1 aliphatic heterocycles. The molecule has 1 saturated heterocycles. The molecule has 7 heteroatoms. The van der Waals surface area contributed by atoms with Gasteiger partial charge in [-0.15, -0.1) is 12.4 Å². The molecule has 146 valence electrons. The third-order valence-electron chi connectivity index (χ3n) is 4.46. The van der Waals surface area contributed by atoms with Crippen molar-refractivity contribution >= 4 is 18.3 Å². The third kappa shape index (κ3) is 5.65. The summed E-state index contributed by atoms with van der Waals surface area (Å²) in [5.74, 6) is -2.16. The van der Waals surface area contributed by atoms with Crippen molar-refractivity contribution in [1.82, 2.24) is 10.6 Å². The molecule has 0 aromatic heterocycles. The molecule has 1 amide bonds. The van der Waals surface area contributed by atoms with Crippen LogP contribution in [0.1, 0.15) is 31.4 Å². The first-order valence-electron chi connectivity index (χ1n) is 8.73. The first-order valence-corrected chi connectivity index (χ1v) is 8.73.